The molecule has 0 fully saturated rings. The van der Waals surface area contributed by atoms with Gasteiger partial charge in [0, 0.05) is 6.07 Å². The average molecular weight is 331 g/mol. The normalized spacial score (nSPS) is 11.2. The van der Waals surface area contributed by atoms with E-state index in [2.05, 4.69) is 4.98 Å². The van der Waals surface area contributed by atoms with E-state index in [-0.39, 0.29) is 9.79 Å². The van der Waals surface area contributed by atoms with Crippen LogP contribution in [0.4, 0.5) is 8.78 Å². The van der Waals surface area contributed by atoms with Gasteiger partial charge in [0.05, 0.1) is 26.8 Å². The molecule has 0 unspecified atom stereocenters. The van der Waals surface area contributed by atoms with Crippen LogP contribution in [0.3, 0.4) is 0 Å². The van der Waals surface area contributed by atoms with E-state index < -0.39 is 11.6 Å². The molecular formula is C13H6Cl2F2N2S. The summed E-state index contributed by atoms with van der Waals surface area (Å²) in [6, 6.07) is 6.54. The van der Waals surface area contributed by atoms with E-state index in [4.69, 9.17) is 35.4 Å². The lowest BCUT2D eigenvalue weighted by Gasteiger charge is -2.07. The average Bonchev–Trinajstić information content (AvgIpc) is 2.69. The first kappa shape index (κ1) is 13.5. The van der Waals surface area contributed by atoms with Crippen LogP contribution in [-0.2, 0) is 0 Å². The summed E-state index contributed by atoms with van der Waals surface area (Å²) in [6.07, 6.45) is 0. The fourth-order valence-corrected chi connectivity index (χ4v) is 2.67. The third kappa shape index (κ3) is 2.12. The number of H-pyrrole nitrogens is 1. The fourth-order valence-electron chi connectivity index (χ4n) is 2.00. The number of nitrogens with one attached hydrogen (secondary N) is 1. The third-order valence-corrected chi connectivity index (χ3v) is 3.77. The SMILES string of the molecule is Fc1ccc(Cl)c(-n2c(=S)[nH]c3cc(Cl)c(F)cc32)c1. The highest BCUT2D eigenvalue weighted by Crippen LogP contribution is 2.28. The number of fused-ring (bicyclic) bond motifs is 1. The van der Waals surface area contributed by atoms with Crippen LogP contribution in [0.2, 0.25) is 10.0 Å². The Labute approximate surface area is 127 Å². The molecule has 1 aromatic heterocycles. The van der Waals surface area contributed by atoms with E-state index >= 15 is 0 Å². The van der Waals surface area contributed by atoms with E-state index in [9.17, 15) is 8.78 Å². The summed E-state index contributed by atoms with van der Waals surface area (Å²) in [5.74, 6) is -1.05. The van der Waals surface area contributed by atoms with Crippen LogP contribution in [0, 0.1) is 16.4 Å². The minimum atomic E-state index is -0.588. The summed E-state index contributed by atoms with van der Waals surface area (Å²) in [5, 5.41) is 0.282. The van der Waals surface area contributed by atoms with Gasteiger partial charge in [-0.2, -0.15) is 0 Å². The van der Waals surface area contributed by atoms with Crippen molar-refractivity contribution in [2.24, 2.45) is 0 Å². The Morgan fingerprint density at radius 2 is 1.80 bits per heavy atom. The molecule has 0 saturated heterocycles. The van der Waals surface area contributed by atoms with Crippen molar-refractivity contribution >= 4 is 46.5 Å². The van der Waals surface area contributed by atoms with Crippen LogP contribution in [0.5, 0.6) is 0 Å². The number of hydrogen-bond donors (Lipinski definition) is 1. The number of aromatic amines is 1. The van der Waals surface area contributed by atoms with Crippen LogP contribution >= 0.6 is 35.4 Å². The molecule has 0 aliphatic rings. The van der Waals surface area contributed by atoms with Crippen LogP contribution in [0.1, 0.15) is 0 Å². The lowest BCUT2D eigenvalue weighted by atomic mass is 10.2. The van der Waals surface area contributed by atoms with E-state index in [1.165, 1.54) is 34.9 Å². The molecule has 102 valence electrons. The Kier molecular flexibility index (Phi) is 3.28. The number of hydrogen-bond acceptors (Lipinski definition) is 1. The Morgan fingerprint density at radius 1 is 1.05 bits per heavy atom. The van der Waals surface area contributed by atoms with Crippen molar-refractivity contribution in [3.8, 4) is 5.69 Å². The lowest BCUT2D eigenvalue weighted by Crippen LogP contribution is -1.96. The van der Waals surface area contributed by atoms with Crippen LogP contribution in [0.15, 0.2) is 30.3 Å². The molecule has 0 aliphatic carbocycles. The first-order valence-electron chi connectivity index (χ1n) is 5.52. The second-order valence-electron chi connectivity index (χ2n) is 4.14. The highest BCUT2D eigenvalue weighted by Gasteiger charge is 2.13. The van der Waals surface area contributed by atoms with E-state index in [1.54, 1.807) is 0 Å². The molecule has 0 bridgehead atoms. The number of halogens is 4. The Morgan fingerprint density at radius 3 is 2.55 bits per heavy atom. The number of imidazole rings is 1. The van der Waals surface area contributed by atoms with Gasteiger partial charge in [0.15, 0.2) is 4.77 Å². The number of aromatic nitrogens is 2. The van der Waals surface area contributed by atoms with Gasteiger partial charge in [-0.15, -0.1) is 0 Å². The van der Waals surface area contributed by atoms with Gasteiger partial charge in [0.1, 0.15) is 11.6 Å². The van der Waals surface area contributed by atoms with Crippen molar-refractivity contribution < 1.29 is 8.78 Å². The van der Waals surface area contributed by atoms with E-state index in [1.807, 2.05) is 0 Å². The third-order valence-electron chi connectivity index (χ3n) is 2.87. The topological polar surface area (TPSA) is 20.7 Å². The Balaban J connectivity index is 2.42. The van der Waals surface area contributed by atoms with Gasteiger partial charge in [-0.3, -0.25) is 4.57 Å². The molecule has 0 radical (unpaired) electrons. The smallest absolute Gasteiger partial charge is 0.182 e. The first-order valence-corrected chi connectivity index (χ1v) is 6.69. The Bertz CT molecular complexity index is 886. The van der Waals surface area contributed by atoms with Gasteiger partial charge in [0.2, 0.25) is 0 Å². The summed E-state index contributed by atoms with van der Waals surface area (Å²) in [5.41, 5.74) is 1.32. The molecule has 3 aromatic rings. The monoisotopic (exact) mass is 330 g/mol. The maximum absolute atomic E-state index is 13.6. The maximum Gasteiger partial charge on any atom is 0.182 e. The largest absolute Gasteiger partial charge is 0.330 e. The standard InChI is InChI=1S/C13H6Cl2F2N2S/c14-7-2-1-6(16)3-11(7)19-12-5-9(17)8(15)4-10(12)18-13(19)20/h1-5H,(H,18,20). The zero-order valence-corrected chi connectivity index (χ0v) is 12.1. The number of rotatable bonds is 1. The lowest BCUT2D eigenvalue weighted by molar-refractivity contribution is 0.626. The van der Waals surface area contributed by atoms with Crippen molar-refractivity contribution in [1.29, 1.82) is 0 Å². The highest BCUT2D eigenvalue weighted by atomic mass is 35.5. The molecular weight excluding hydrogens is 325 g/mol. The van der Waals surface area contributed by atoms with Gasteiger partial charge < -0.3 is 4.98 Å². The van der Waals surface area contributed by atoms with Crippen molar-refractivity contribution in [3.63, 3.8) is 0 Å². The van der Waals surface area contributed by atoms with Crippen molar-refractivity contribution in [2.75, 3.05) is 0 Å². The zero-order valence-electron chi connectivity index (χ0n) is 9.75. The highest BCUT2D eigenvalue weighted by molar-refractivity contribution is 7.71. The molecule has 3 rings (SSSR count). The van der Waals surface area contributed by atoms with Gasteiger partial charge in [-0.25, -0.2) is 8.78 Å². The van der Waals surface area contributed by atoms with Gasteiger partial charge in [-0.05, 0) is 36.5 Å². The predicted octanol–water partition coefficient (Wildman–Crippen LogP) is 5.27. The molecule has 0 spiro atoms. The zero-order chi connectivity index (χ0) is 14.4. The van der Waals surface area contributed by atoms with Crippen molar-refractivity contribution in [2.45, 2.75) is 0 Å². The Hall–Kier alpha value is -1.43. The second-order valence-corrected chi connectivity index (χ2v) is 5.35. The van der Waals surface area contributed by atoms with E-state index in [0.29, 0.717) is 21.7 Å². The first-order chi connectivity index (χ1) is 9.47. The number of nitrogens with zero attached hydrogens (tertiary/aromatic N) is 1. The molecule has 1 heterocycles. The van der Waals surface area contributed by atoms with Crippen LogP contribution in [0.25, 0.3) is 16.7 Å². The van der Waals surface area contributed by atoms with Crippen molar-refractivity contribution in [3.05, 3.63) is 56.8 Å². The van der Waals surface area contributed by atoms with Gasteiger partial charge in [-0.1, -0.05) is 23.2 Å². The number of benzene rings is 2. The molecule has 0 saturated carbocycles. The molecule has 20 heavy (non-hydrogen) atoms. The molecule has 1 N–H and O–H groups in total. The molecule has 2 aromatic carbocycles. The van der Waals surface area contributed by atoms with Gasteiger partial charge in [0.25, 0.3) is 0 Å². The summed E-state index contributed by atoms with van der Waals surface area (Å²) < 4.78 is 28.8. The maximum atomic E-state index is 13.6. The molecule has 0 amide bonds. The second kappa shape index (κ2) is 4.84. The van der Waals surface area contributed by atoms with Gasteiger partial charge >= 0.3 is 0 Å². The minimum absolute atomic E-state index is 0.0220. The molecule has 2 nitrogen and oxygen atoms in total. The molecule has 0 aliphatic heterocycles. The summed E-state index contributed by atoms with van der Waals surface area (Å²) in [6.45, 7) is 0. The predicted molar refractivity (Wildman–Crippen MR) is 78.4 cm³/mol. The summed E-state index contributed by atoms with van der Waals surface area (Å²) in [7, 11) is 0. The fraction of sp³-hybridized carbons (Fsp3) is 0. The van der Waals surface area contributed by atoms with Crippen molar-refractivity contribution in [1.82, 2.24) is 9.55 Å². The van der Waals surface area contributed by atoms with E-state index in [0.717, 1.165) is 0 Å². The summed E-state index contributed by atoms with van der Waals surface area (Å²) >= 11 is 17.0. The minimum Gasteiger partial charge on any atom is -0.330 e. The molecule has 0 atom stereocenters. The van der Waals surface area contributed by atoms with Crippen LogP contribution in [-0.4, -0.2) is 9.55 Å². The quantitative estimate of drug-likeness (QED) is 0.602. The summed E-state index contributed by atoms with van der Waals surface area (Å²) in [4.78, 5) is 2.89. The van der Waals surface area contributed by atoms with Crippen LogP contribution < -0.4 is 0 Å². The molecule has 7 heteroatoms.